The number of nitrogens with zero attached hydrogens (tertiary/aromatic N) is 2. The zero-order chi connectivity index (χ0) is 13.4. The summed E-state index contributed by atoms with van der Waals surface area (Å²) in [7, 11) is 0. The van der Waals surface area contributed by atoms with Gasteiger partial charge >= 0.3 is 0 Å². The second-order valence-corrected chi connectivity index (χ2v) is 4.32. The fourth-order valence-electron chi connectivity index (χ4n) is 2.16. The molecular formula is C15H11FN2O. The summed E-state index contributed by atoms with van der Waals surface area (Å²) in [5.74, 6) is -0.364. The summed E-state index contributed by atoms with van der Waals surface area (Å²) < 4.78 is 14.6. The van der Waals surface area contributed by atoms with Gasteiger partial charge in [0.25, 0.3) is 0 Å². The van der Waals surface area contributed by atoms with Crippen molar-refractivity contribution in [3.05, 3.63) is 60.0 Å². The lowest BCUT2D eigenvalue weighted by atomic mass is 10.0. The number of pyridine rings is 1. The molecule has 3 nitrogen and oxygen atoms in total. The second kappa shape index (κ2) is 4.31. The molecule has 2 heterocycles. The fourth-order valence-corrected chi connectivity index (χ4v) is 2.16. The molecule has 0 fully saturated rings. The van der Waals surface area contributed by atoms with Crippen molar-refractivity contribution >= 4 is 11.3 Å². The number of hydrogen-bond acceptors (Lipinski definition) is 2. The molecule has 0 radical (unpaired) electrons. The Labute approximate surface area is 109 Å². The first-order chi connectivity index (χ1) is 9.16. The lowest BCUT2D eigenvalue weighted by molar-refractivity contribution is 0.102. The molecule has 1 aromatic carbocycles. The standard InChI is InChI=1S/C15H11FN2O/c1-10(19)14-13-4-2-3-9-18(13)17-15(14)11-5-7-12(16)8-6-11/h2-9H,1H3. The van der Waals surface area contributed by atoms with Gasteiger partial charge in [-0.05, 0) is 43.3 Å². The van der Waals surface area contributed by atoms with E-state index >= 15 is 0 Å². The molecule has 0 N–H and O–H groups in total. The van der Waals surface area contributed by atoms with Crippen molar-refractivity contribution in [3.8, 4) is 11.3 Å². The number of halogens is 1. The first-order valence-electron chi connectivity index (χ1n) is 5.91. The topological polar surface area (TPSA) is 34.4 Å². The van der Waals surface area contributed by atoms with E-state index < -0.39 is 0 Å². The van der Waals surface area contributed by atoms with Crippen LogP contribution in [-0.4, -0.2) is 15.4 Å². The Morgan fingerprint density at radius 3 is 2.58 bits per heavy atom. The van der Waals surface area contributed by atoms with Crippen LogP contribution in [-0.2, 0) is 0 Å². The van der Waals surface area contributed by atoms with Gasteiger partial charge in [-0.3, -0.25) is 4.79 Å². The minimum atomic E-state index is -0.308. The van der Waals surface area contributed by atoms with Crippen LogP contribution in [0.5, 0.6) is 0 Å². The highest BCUT2D eigenvalue weighted by Gasteiger charge is 2.17. The zero-order valence-corrected chi connectivity index (χ0v) is 10.3. The Balaban J connectivity index is 2.31. The normalized spacial score (nSPS) is 10.8. The molecule has 0 unspecified atom stereocenters. The maximum Gasteiger partial charge on any atom is 0.164 e. The number of Topliss-reactive ketones (excluding diaryl/α,β-unsaturated/α-hetero) is 1. The molecule has 0 aliphatic rings. The number of carbonyl (C=O) groups excluding carboxylic acids is 1. The molecule has 0 spiro atoms. The lowest BCUT2D eigenvalue weighted by Gasteiger charge is -1.99. The van der Waals surface area contributed by atoms with E-state index in [1.807, 2.05) is 18.2 Å². The molecule has 0 amide bonds. The quantitative estimate of drug-likeness (QED) is 0.657. The van der Waals surface area contributed by atoms with E-state index in [0.29, 0.717) is 11.3 Å². The maximum absolute atomic E-state index is 13.0. The maximum atomic E-state index is 13.0. The number of fused-ring (bicyclic) bond motifs is 1. The molecule has 2 aromatic heterocycles. The van der Waals surface area contributed by atoms with Crippen LogP contribution in [0, 0.1) is 5.82 Å². The number of rotatable bonds is 2. The van der Waals surface area contributed by atoms with E-state index in [1.165, 1.54) is 19.1 Å². The van der Waals surface area contributed by atoms with Crippen LogP contribution >= 0.6 is 0 Å². The predicted octanol–water partition coefficient (Wildman–Crippen LogP) is 3.34. The van der Waals surface area contributed by atoms with Gasteiger partial charge in [0, 0.05) is 11.8 Å². The number of ketones is 1. The van der Waals surface area contributed by atoms with Crippen LogP contribution in [0.25, 0.3) is 16.8 Å². The SMILES string of the molecule is CC(=O)c1c(-c2ccc(F)cc2)nn2ccccc12. The molecular weight excluding hydrogens is 243 g/mol. The Hall–Kier alpha value is -2.49. The van der Waals surface area contributed by atoms with E-state index in [1.54, 1.807) is 22.8 Å². The highest BCUT2D eigenvalue weighted by molar-refractivity contribution is 6.06. The zero-order valence-electron chi connectivity index (χ0n) is 10.3. The molecule has 94 valence electrons. The molecule has 3 rings (SSSR count). The van der Waals surface area contributed by atoms with Crippen molar-refractivity contribution in [1.82, 2.24) is 9.61 Å². The van der Waals surface area contributed by atoms with Crippen LogP contribution in [0.4, 0.5) is 4.39 Å². The van der Waals surface area contributed by atoms with Crippen LogP contribution in [0.3, 0.4) is 0 Å². The Kier molecular flexibility index (Phi) is 2.63. The van der Waals surface area contributed by atoms with Crippen molar-refractivity contribution in [2.45, 2.75) is 6.92 Å². The van der Waals surface area contributed by atoms with Gasteiger partial charge < -0.3 is 0 Å². The summed E-state index contributed by atoms with van der Waals surface area (Å²) in [6, 6.07) is 11.5. The Bertz CT molecular complexity index is 759. The number of benzene rings is 1. The summed E-state index contributed by atoms with van der Waals surface area (Å²) in [6.45, 7) is 1.51. The average molecular weight is 254 g/mol. The minimum absolute atomic E-state index is 0.0551. The first kappa shape index (κ1) is 11.6. The summed E-state index contributed by atoms with van der Waals surface area (Å²) in [5, 5.41) is 4.41. The molecule has 0 atom stereocenters. The van der Waals surface area contributed by atoms with Crippen LogP contribution in [0.1, 0.15) is 17.3 Å². The smallest absolute Gasteiger partial charge is 0.164 e. The molecule has 0 bridgehead atoms. The van der Waals surface area contributed by atoms with Gasteiger partial charge in [-0.1, -0.05) is 6.07 Å². The molecule has 0 saturated heterocycles. The molecule has 0 saturated carbocycles. The Morgan fingerprint density at radius 1 is 1.16 bits per heavy atom. The minimum Gasteiger partial charge on any atom is -0.294 e. The summed E-state index contributed by atoms with van der Waals surface area (Å²) >= 11 is 0. The van der Waals surface area contributed by atoms with Gasteiger partial charge in [-0.25, -0.2) is 8.91 Å². The first-order valence-corrected chi connectivity index (χ1v) is 5.91. The third-order valence-electron chi connectivity index (χ3n) is 3.01. The van der Waals surface area contributed by atoms with Crippen molar-refractivity contribution in [2.75, 3.05) is 0 Å². The van der Waals surface area contributed by atoms with E-state index in [2.05, 4.69) is 5.10 Å². The molecule has 0 aliphatic carbocycles. The molecule has 0 aliphatic heterocycles. The molecule has 19 heavy (non-hydrogen) atoms. The van der Waals surface area contributed by atoms with Crippen LogP contribution < -0.4 is 0 Å². The van der Waals surface area contributed by atoms with E-state index in [-0.39, 0.29) is 11.6 Å². The van der Waals surface area contributed by atoms with Gasteiger partial charge in [0.15, 0.2) is 5.78 Å². The van der Waals surface area contributed by atoms with Crippen LogP contribution in [0.2, 0.25) is 0 Å². The van der Waals surface area contributed by atoms with Gasteiger partial charge in [0.1, 0.15) is 11.5 Å². The van der Waals surface area contributed by atoms with Gasteiger partial charge in [0.05, 0.1) is 11.1 Å². The van der Waals surface area contributed by atoms with E-state index in [0.717, 1.165) is 11.1 Å². The molecule has 4 heteroatoms. The van der Waals surface area contributed by atoms with Gasteiger partial charge in [-0.15, -0.1) is 0 Å². The third kappa shape index (κ3) is 1.91. The van der Waals surface area contributed by atoms with Crippen molar-refractivity contribution in [3.63, 3.8) is 0 Å². The van der Waals surface area contributed by atoms with Crippen molar-refractivity contribution < 1.29 is 9.18 Å². The van der Waals surface area contributed by atoms with Crippen molar-refractivity contribution in [2.24, 2.45) is 0 Å². The van der Waals surface area contributed by atoms with Crippen molar-refractivity contribution in [1.29, 1.82) is 0 Å². The van der Waals surface area contributed by atoms with E-state index in [9.17, 15) is 9.18 Å². The highest BCUT2D eigenvalue weighted by atomic mass is 19.1. The summed E-state index contributed by atoms with van der Waals surface area (Å²) in [5.41, 5.74) is 2.63. The highest BCUT2D eigenvalue weighted by Crippen LogP contribution is 2.26. The van der Waals surface area contributed by atoms with Crippen LogP contribution in [0.15, 0.2) is 48.7 Å². The molecule has 3 aromatic rings. The number of aromatic nitrogens is 2. The third-order valence-corrected chi connectivity index (χ3v) is 3.01. The second-order valence-electron chi connectivity index (χ2n) is 4.32. The predicted molar refractivity (Wildman–Crippen MR) is 70.6 cm³/mol. The Morgan fingerprint density at radius 2 is 1.89 bits per heavy atom. The van der Waals surface area contributed by atoms with Gasteiger partial charge in [0.2, 0.25) is 0 Å². The fraction of sp³-hybridized carbons (Fsp3) is 0.0667. The summed E-state index contributed by atoms with van der Waals surface area (Å²) in [4.78, 5) is 11.9. The lowest BCUT2D eigenvalue weighted by Crippen LogP contribution is -1.94. The van der Waals surface area contributed by atoms with E-state index in [4.69, 9.17) is 0 Å². The monoisotopic (exact) mass is 254 g/mol. The van der Waals surface area contributed by atoms with Gasteiger partial charge in [-0.2, -0.15) is 5.10 Å². The summed E-state index contributed by atoms with van der Waals surface area (Å²) in [6.07, 6.45) is 1.79. The average Bonchev–Trinajstić information content (AvgIpc) is 2.78. The number of hydrogen-bond donors (Lipinski definition) is 0. The number of carbonyl (C=O) groups is 1. The largest absolute Gasteiger partial charge is 0.294 e.